The Kier molecular flexibility index (Phi) is 4.90. The van der Waals surface area contributed by atoms with Crippen molar-refractivity contribution < 1.29 is 10.0 Å². The molecular formula is C15H14N3O3S-. The minimum absolute atomic E-state index is 0.117. The van der Waals surface area contributed by atoms with Crippen molar-refractivity contribution >= 4 is 28.7 Å². The quantitative estimate of drug-likeness (QED) is 0.511. The summed E-state index contributed by atoms with van der Waals surface area (Å²) >= 11 is 5.15. The fourth-order valence-corrected chi connectivity index (χ4v) is 2.08. The zero-order valence-corrected chi connectivity index (χ0v) is 12.6. The third kappa shape index (κ3) is 4.16. The van der Waals surface area contributed by atoms with Gasteiger partial charge < -0.3 is 15.7 Å². The molecule has 114 valence electrons. The van der Waals surface area contributed by atoms with Crippen molar-refractivity contribution in [2.24, 2.45) is 0 Å². The molecule has 2 N–H and O–H groups in total. The van der Waals surface area contributed by atoms with E-state index in [4.69, 9.17) is 12.2 Å². The van der Waals surface area contributed by atoms with Crippen molar-refractivity contribution in [2.75, 3.05) is 5.32 Å². The minimum Gasteiger partial charge on any atom is -0.872 e. The molecule has 0 bridgehead atoms. The molecule has 0 amide bonds. The average Bonchev–Trinajstić information content (AvgIpc) is 2.46. The number of hydrogen-bond acceptors (Lipinski definition) is 4. The lowest BCUT2D eigenvalue weighted by molar-refractivity contribution is -0.385. The minimum atomic E-state index is -0.535. The Bertz CT molecular complexity index is 719. The highest BCUT2D eigenvalue weighted by Crippen LogP contribution is 2.20. The highest BCUT2D eigenvalue weighted by atomic mass is 32.1. The van der Waals surface area contributed by atoms with Crippen molar-refractivity contribution in [1.82, 2.24) is 5.32 Å². The van der Waals surface area contributed by atoms with Crippen LogP contribution >= 0.6 is 12.2 Å². The SMILES string of the molecule is Cc1cccc(NC(=S)NCc2cc([N+](=O)[O-])ccc2[O-])c1. The monoisotopic (exact) mass is 316 g/mol. The first kappa shape index (κ1) is 15.7. The lowest BCUT2D eigenvalue weighted by Crippen LogP contribution is -2.28. The van der Waals surface area contributed by atoms with Gasteiger partial charge in [-0.25, -0.2) is 0 Å². The highest BCUT2D eigenvalue weighted by molar-refractivity contribution is 7.80. The summed E-state index contributed by atoms with van der Waals surface area (Å²) in [7, 11) is 0. The molecule has 2 aromatic carbocycles. The first-order valence-electron chi connectivity index (χ1n) is 6.51. The van der Waals surface area contributed by atoms with Crippen molar-refractivity contribution in [3.63, 3.8) is 0 Å². The number of aryl methyl sites for hydroxylation is 1. The first-order valence-corrected chi connectivity index (χ1v) is 6.92. The van der Waals surface area contributed by atoms with Crippen LogP contribution in [0.25, 0.3) is 0 Å². The van der Waals surface area contributed by atoms with Gasteiger partial charge in [0.25, 0.3) is 5.69 Å². The summed E-state index contributed by atoms with van der Waals surface area (Å²) in [6, 6.07) is 11.3. The molecule has 0 atom stereocenters. The van der Waals surface area contributed by atoms with Crippen LogP contribution in [0.4, 0.5) is 11.4 Å². The lowest BCUT2D eigenvalue weighted by Gasteiger charge is -2.15. The van der Waals surface area contributed by atoms with Gasteiger partial charge in [0, 0.05) is 24.4 Å². The van der Waals surface area contributed by atoms with Gasteiger partial charge >= 0.3 is 0 Å². The summed E-state index contributed by atoms with van der Waals surface area (Å²) in [5, 5.41) is 28.6. The van der Waals surface area contributed by atoms with Gasteiger partial charge in [-0.3, -0.25) is 10.1 Å². The van der Waals surface area contributed by atoms with Gasteiger partial charge in [0.1, 0.15) is 0 Å². The number of nitrogens with zero attached hydrogens (tertiary/aromatic N) is 1. The van der Waals surface area contributed by atoms with E-state index in [-0.39, 0.29) is 18.0 Å². The number of thiocarbonyl (C=S) groups is 1. The van der Waals surface area contributed by atoms with E-state index in [0.717, 1.165) is 11.3 Å². The fourth-order valence-electron chi connectivity index (χ4n) is 1.89. The largest absolute Gasteiger partial charge is 0.872 e. The number of nitro groups is 1. The molecule has 0 fully saturated rings. The Hall–Kier alpha value is -2.67. The van der Waals surface area contributed by atoms with E-state index in [1.54, 1.807) is 0 Å². The van der Waals surface area contributed by atoms with Crippen LogP contribution in [0.3, 0.4) is 0 Å². The van der Waals surface area contributed by atoms with E-state index in [9.17, 15) is 15.2 Å². The molecule has 22 heavy (non-hydrogen) atoms. The number of non-ortho nitro benzene ring substituents is 1. The number of benzene rings is 2. The average molecular weight is 316 g/mol. The fraction of sp³-hybridized carbons (Fsp3) is 0.133. The molecule has 0 saturated heterocycles. The van der Waals surface area contributed by atoms with E-state index >= 15 is 0 Å². The topological polar surface area (TPSA) is 90.3 Å². The zero-order valence-electron chi connectivity index (χ0n) is 11.8. The van der Waals surface area contributed by atoms with Gasteiger partial charge in [0.15, 0.2) is 5.11 Å². The normalized spacial score (nSPS) is 10.0. The van der Waals surface area contributed by atoms with Gasteiger partial charge in [0.05, 0.1) is 4.92 Å². The molecule has 2 aromatic rings. The predicted molar refractivity (Wildman–Crippen MR) is 86.8 cm³/mol. The molecular weight excluding hydrogens is 302 g/mol. The number of nitro benzene ring substituents is 1. The van der Waals surface area contributed by atoms with Crippen molar-refractivity contribution in [1.29, 1.82) is 0 Å². The summed E-state index contributed by atoms with van der Waals surface area (Å²) in [5.74, 6) is -0.267. The van der Waals surface area contributed by atoms with Crippen LogP contribution in [0.1, 0.15) is 11.1 Å². The number of anilines is 1. The van der Waals surface area contributed by atoms with E-state index in [1.807, 2.05) is 31.2 Å². The maximum atomic E-state index is 11.7. The molecule has 2 rings (SSSR count). The van der Waals surface area contributed by atoms with Crippen LogP contribution in [0.2, 0.25) is 0 Å². The summed E-state index contributed by atoms with van der Waals surface area (Å²) in [6.07, 6.45) is 0. The second-order valence-corrected chi connectivity index (χ2v) is 5.13. The van der Waals surface area contributed by atoms with E-state index in [0.29, 0.717) is 10.7 Å². The molecule has 0 saturated carbocycles. The molecule has 0 unspecified atom stereocenters. The van der Waals surface area contributed by atoms with Gasteiger partial charge in [0.2, 0.25) is 0 Å². The predicted octanol–water partition coefficient (Wildman–Crippen LogP) is 2.46. The summed E-state index contributed by atoms with van der Waals surface area (Å²) < 4.78 is 0. The van der Waals surface area contributed by atoms with E-state index in [1.165, 1.54) is 18.2 Å². The molecule has 0 aliphatic carbocycles. The Morgan fingerprint density at radius 2 is 2.05 bits per heavy atom. The van der Waals surface area contributed by atoms with E-state index in [2.05, 4.69) is 10.6 Å². The molecule has 0 spiro atoms. The first-order chi connectivity index (χ1) is 10.5. The number of hydrogen-bond donors (Lipinski definition) is 2. The molecule has 0 aliphatic rings. The highest BCUT2D eigenvalue weighted by Gasteiger charge is 2.07. The molecule has 0 aliphatic heterocycles. The molecule has 7 heteroatoms. The summed E-state index contributed by atoms with van der Waals surface area (Å²) in [4.78, 5) is 10.2. The van der Waals surface area contributed by atoms with Crippen LogP contribution in [-0.4, -0.2) is 10.0 Å². The Morgan fingerprint density at radius 1 is 1.27 bits per heavy atom. The maximum Gasteiger partial charge on any atom is 0.269 e. The maximum absolute atomic E-state index is 11.7. The van der Waals surface area contributed by atoms with Gasteiger partial charge in [-0.15, -0.1) is 5.75 Å². The third-order valence-corrected chi connectivity index (χ3v) is 3.22. The van der Waals surface area contributed by atoms with Crippen molar-refractivity contribution in [2.45, 2.75) is 13.5 Å². The second kappa shape index (κ2) is 6.86. The van der Waals surface area contributed by atoms with Crippen LogP contribution in [0.5, 0.6) is 5.75 Å². The van der Waals surface area contributed by atoms with Crippen molar-refractivity contribution in [3.05, 3.63) is 63.7 Å². The van der Waals surface area contributed by atoms with Gasteiger partial charge in [-0.1, -0.05) is 18.2 Å². The van der Waals surface area contributed by atoms with Crippen LogP contribution in [0.15, 0.2) is 42.5 Å². The Morgan fingerprint density at radius 3 is 2.73 bits per heavy atom. The van der Waals surface area contributed by atoms with E-state index < -0.39 is 4.92 Å². The summed E-state index contributed by atoms with van der Waals surface area (Å²) in [6.45, 7) is 2.09. The van der Waals surface area contributed by atoms with Crippen LogP contribution in [0, 0.1) is 17.0 Å². The third-order valence-electron chi connectivity index (χ3n) is 2.97. The lowest BCUT2D eigenvalue weighted by atomic mass is 10.2. The van der Waals surface area contributed by atoms with Gasteiger partial charge in [-0.05, 0) is 42.4 Å². The second-order valence-electron chi connectivity index (χ2n) is 4.73. The smallest absolute Gasteiger partial charge is 0.269 e. The van der Waals surface area contributed by atoms with Crippen LogP contribution in [-0.2, 0) is 6.54 Å². The number of rotatable bonds is 4. The summed E-state index contributed by atoms with van der Waals surface area (Å²) in [5.41, 5.74) is 2.10. The Balaban J connectivity index is 1.99. The van der Waals surface area contributed by atoms with Crippen molar-refractivity contribution in [3.8, 4) is 5.75 Å². The zero-order chi connectivity index (χ0) is 16.1. The molecule has 0 heterocycles. The standard InChI is InChI=1S/C15H15N3O3S/c1-10-3-2-4-12(7-10)17-15(22)16-9-11-8-13(18(20)21)5-6-14(11)19/h2-8,19H,9H2,1H3,(H2,16,17,22)/p-1. The molecule has 0 radical (unpaired) electrons. The van der Waals surface area contributed by atoms with Crippen LogP contribution < -0.4 is 15.7 Å². The number of nitrogens with one attached hydrogen (secondary N) is 2. The Labute approximate surface area is 132 Å². The molecule has 6 nitrogen and oxygen atoms in total. The molecule has 0 aromatic heterocycles. The van der Waals surface area contributed by atoms with Gasteiger partial charge in [-0.2, -0.15) is 0 Å².